The van der Waals surface area contributed by atoms with Gasteiger partial charge in [0.15, 0.2) is 0 Å². The second-order valence-corrected chi connectivity index (χ2v) is 7.87. The van der Waals surface area contributed by atoms with Crippen LogP contribution >= 0.6 is 0 Å². The van der Waals surface area contributed by atoms with Gasteiger partial charge in [0.2, 0.25) is 0 Å². The number of nitrogens with zero attached hydrogens (tertiary/aromatic N) is 4. The molecule has 1 aliphatic rings. The highest BCUT2D eigenvalue weighted by Gasteiger charge is 2.31. The van der Waals surface area contributed by atoms with Gasteiger partial charge in [-0.15, -0.1) is 0 Å². The Kier molecular flexibility index (Phi) is 9.08. The van der Waals surface area contributed by atoms with Crippen LogP contribution in [-0.2, 0) is 4.79 Å². The highest BCUT2D eigenvalue weighted by Crippen LogP contribution is 2.15. The van der Waals surface area contributed by atoms with E-state index in [-0.39, 0.29) is 0 Å². The molecule has 8 nitrogen and oxygen atoms in total. The predicted octanol–water partition coefficient (Wildman–Crippen LogP) is 2.74. The van der Waals surface area contributed by atoms with Gasteiger partial charge in [0, 0.05) is 32.7 Å². The molecule has 8 heteroatoms. The SMILES string of the molecule is N#Cc1ccc(OCCCN2CCN(CCCOc3ccc(C#N)cc3)C(C(=O)O)C2)cc1. The summed E-state index contributed by atoms with van der Waals surface area (Å²) in [5.74, 6) is 0.629. The van der Waals surface area contributed by atoms with Crippen molar-refractivity contribution in [1.82, 2.24) is 9.80 Å². The van der Waals surface area contributed by atoms with E-state index < -0.39 is 12.0 Å². The van der Waals surface area contributed by atoms with Crippen LogP contribution in [0.1, 0.15) is 24.0 Å². The molecule has 0 bridgehead atoms. The lowest BCUT2D eigenvalue weighted by molar-refractivity contribution is -0.146. The topological polar surface area (TPSA) is 110 Å². The Morgan fingerprint density at radius 3 is 1.88 bits per heavy atom. The van der Waals surface area contributed by atoms with E-state index in [1.54, 1.807) is 48.5 Å². The fraction of sp³-hybridized carbons (Fsp3) is 0.400. The first-order chi connectivity index (χ1) is 16.1. The van der Waals surface area contributed by atoms with Gasteiger partial charge >= 0.3 is 5.97 Å². The molecule has 0 aromatic heterocycles. The molecule has 1 aliphatic heterocycles. The van der Waals surface area contributed by atoms with E-state index in [4.69, 9.17) is 20.0 Å². The van der Waals surface area contributed by atoms with E-state index >= 15 is 0 Å². The summed E-state index contributed by atoms with van der Waals surface area (Å²) < 4.78 is 11.4. The van der Waals surface area contributed by atoms with Crippen molar-refractivity contribution in [2.24, 2.45) is 0 Å². The summed E-state index contributed by atoms with van der Waals surface area (Å²) in [5.41, 5.74) is 1.19. The zero-order chi connectivity index (χ0) is 23.5. The molecule has 0 radical (unpaired) electrons. The van der Waals surface area contributed by atoms with Crippen molar-refractivity contribution in [3.05, 3.63) is 59.7 Å². The molecule has 0 aliphatic carbocycles. The van der Waals surface area contributed by atoms with Gasteiger partial charge in [0.05, 0.1) is 36.5 Å². The minimum atomic E-state index is -0.804. The van der Waals surface area contributed by atoms with E-state index in [0.717, 1.165) is 31.7 Å². The Morgan fingerprint density at radius 2 is 1.39 bits per heavy atom. The Hall–Kier alpha value is -3.59. The van der Waals surface area contributed by atoms with Gasteiger partial charge in [0.1, 0.15) is 17.5 Å². The number of carbonyl (C=O) groups is 1. The van der Waals surface area contributed by atoms with Gasteiger partial charge in [-0.2, -0.15) is 10.5 Å². The van der Waals surface area contributed by atoms with Crippen LogP contribution in [0, 0.1) is 22.7 Å². The van der Waals surface area contributed by atoms with Crippen molar-refractivity contribution < 1.29 is 19.4 Å². The molecule has 2 aromatic carbocycles. The smallest absolute Gasteiger partial charge is 0.322 e. The van der Waals surface area contributed by atoms with E-state index in [1.165, 1.54) is 0 Å². The Labute approximate surface area is 194 Å². The van der Waals surface area contributed by atoms with E-state index in [1.807, 2.05) is 4.90 Å². The van der Waals surface area contributed by atoms with Crippen LogP contribution in [-0.4, -0.2) is 72.9 Å². The highest BCUT2D eigenvalue weighted by molar-refractivity contribution is 5.74. The number of piperazine rings is 1. The fourth-order valence-corrected chi connectivity index (χ4v) is 3.77. The van der Waals surface area contributed by atoms with Crippen LogP contribution in [0.2, 0.25) is 0 Å². The number of aliphatic carboxylic acids is 1. The van der Waals surface area contributed by atoms with Gasteiger partial charge in [-0.05, 0) is 61.4 Å². The summed E-state index contributed by atoms with van der Waals surface area (Å²) in [5, 5.41) is 27.4. The van der Waals surface area contributed by atoms with Crippen LogP contribution in [0.25, 0.3) is 0 Å². The standard InChI is InChI=1S/C25H28N4O4/c26-17-20-3-7-22(8-4-20)32-15-1-11-28-13-14-29(24(19-28)25(30)31)12-2-16-33-23-9-5-21(18-27)6-10-23/h3-10,24H,1-2,11-16,19H2,(H,30,31). The fourth-order valence-electron chi connectivity index (χ4n) is 3.77. The van der Waals surface area contributed by atoms with Crippen LogP contribution in [0.4, 0.5) is 0 Å². The number of ether oxygens (including phenoxy) is 2. The average Bonchev–Trinajstić information content (AvgIpc) is 2.85. The summed E-state index contributed by atoms with van der Waals surface area (Å²) in [6.45, 7) is 4.46. The first-order valence-electron chi connectivity index (χ1n) is 11.0. The van der Waals surface area contributed by atoms with Crippen molar-refractivity contribution in [3.8, 4) is 23.6 Å². The van der Waals surface area contributed by atoms with Crippen LogP contribution in [0.3, 0.4) is 0 Å². The van der Waals surface area contributed by atoms with E-state index in [9.17, 15) is 9.90 Å². The molecule has 1 N–H and O–H groups in total. The molecule has 33 heavy (non-hydrogen) atoms. The first kappa shape index (κ1) is 24.1. The maximum atomic E-state index is 11.8. The summed E-state index contributed by atoms with van der Waals surface area (Å²) in [4.78, 5) is 16.0. The maximum Gasteiger partial charge on any atom is 0.322 e. The van der Waals surface area contributed by atoms with E-state index in [2.05, 4.69) is 17.0 Å². The number of carboxylic acid groups (broad SMARTS) is 1. The average molecular weight is 449 g/mol. The molecule has 1 heterocycles. The third-order valence-corrected chi connectivity index (χ3v) is 5.57. The molecule has 0 saturated carbocycles. The van der Waals surface area contributed by atoms with Crippen molar-refractivity contribution in [1.29, 1.82) is 10.5 Å². The lowest BCUT2D eigenvalue weighted by atomic mass is 10.1. The molecule has 172 valence electrons. The minimum Gasteiger partial charge on any atom is -0.494 e. The molecular formula is C25H28N4O4. The zero-order valence-electron chi connectivity index (χ0n) is 18.5. The molecule has 3 rings (SSSR count). The van der Waals surface area contributed by atoms with Crippen LogP contribution in [0.5, 0.6) is 11.5 Å². The summed E-state index contributed by atoms with van der Waals surface area (Å²) >= 11 is 0. The van der Waals surface area contributed by atoms with Gasteiger partial charge in [-0.25, -0.2) is 0 Å². The number of carboxylic acids is 1. The predicted molar refractivity (Wildman–Crippen MR) is 122 cm³/mol. The highest BCUT2D eigenvalue weighted by atomic mass is 16.5. The van der Waals surface area contributed by atoms with Crippen molar-refractivity contribution in [3.63, 3.8) is 0 Å². The number of nitriles is 2. The van der Waals surface area contributed by atoms with Crippen molar-refractivity contribution in [2.45, 2.75) is 18.9 Å². The molecule has 0 amide bonds. The summed E-state index contributed by atoms with van der Waals surface area (Å²) in [7, 11) is 0. The van der Waals surface area contributed by atoms with Crippen molar-refractivity contribution >= 4 is 5.97 Å². The minimum absolute atomic E-state index is 0.489. The van der Waals surface area contributed by atoms with Gasteiger partial charge in [-0.1, -0.05) is 0 Å². The first-order valence-corrected chi connectivity index (χ1v) is 11.0. The van der Waals surface area contributed by atoms with E-state index in [0.29, 0.717) is 49.7 Å². The van der Waals surface area contributed by atoms with Crippen LogP contribution < -0.4 is 9.47 Å². The Bertz CT molecular complexity index is 979. The second kappa shape index (κ2) is 12.4. The number of benzene rings is 2. The maximum absolute atomic E-state index is 11.8. The Morgan fingerprint density at radius 1 is 0.879 bits per heavy atom. The third kappa shape index (κ3) is 7.50. The monoisotopic (exact) mass is 448 g/mol. The number of hydrogen-bond acceptors (Lipinski definition) is 7. The second-order valence-electron chi connectivity index (χ2n) is 7.87. The molecule has 1 saturated heterocycles. The molecule has 1 atom stereocenters. The molecule has 1 unspecified atom stereocenters. The van der Waals surface area contributed by atoms with Gasteiger partial charge in [-0.3, -0.25) is 14.6 Å². The lowest BCUT2D eigenvalue weighted by Gasteiger charge is -2.39. The molecular weight excluding hydrogens is 420 g/mol. The lowest BCUT2D eigenvalue weighted by Crippen LogP contribution is -2.56. The largest absolute Gasteiger partial charge is 0.494 e. The third-order valence-electron chi connectivity index (χ3n) is 5.57. The van der Waals surface area contributed by atoms with Crippen LogP contribution in [0.15, 0.2) is 48.5 Å². The quantitative estimate of drug-likeness (QED) is 0.523. The number of rotatable bonds is 11. The zero-order valence-corrected chi connectivity index (χ0v) is 18.5. The Balaban J connectivity index is 1.36. The van der Waals surface area contributed by atoms with Gasteiger partial charge in [0.25, 0.3) is 0 Å². The molecule has 2 aromatic rings. The normalized spacial score (nSPS) is 16.5. The van der Waals surface area contributed by atoms with Gasteiger partial charge < -0.3 is 14.6 Å². The summed E-state index contributed by atoms with van der Waals surface area (Å²) in [6.07, 6.45) is 1.52. The van der Waals surface area contributed by atoms with Crippen molar-refractivity contribution in [2.75, 3.05) is 45.9 Å². The number of hydrogen-bond donors (Lipinski definition) is 1. The molecule has 0 spiro atoms. The molecule has 1 fully saturated rings. The summed E-state index contributed by atoms with van der Waals surface area (Å²) in [6, 6.07) is 17.6.